The van der Waals surface area contributed by atoms with Crippen LogP contribution in [0, 0.1) is 5.82 Å². The van der Waals surface area contributed by atoms with Gasteiger partial charge in [-0.05, 0) is 38.1 Å². The standard InChI is InChI=1S/C25H18ClF4N7O3/c1-12(2)36-20-18(7-8-31-22(20)35-24(36)39)40-17-5-4-14(9-16(17)27)34-23(38)15-11-33-37(21(15)25(28,29)30)19-6-3-13(26)10-32-19/h3-12H,1-2H3,(H,34,38)(H,31,35,39). The summed E-state index contributed by atoms with van der Waals surface area (Å²) in [6.07, 6.45) is -1.72. The van der Waals surface area contributed by atoms with E-state index in [1.54, 1.807) is 13.8 Å². The highest BCUT2D eigenvalue weighted by atomic mass is 35.5. The quantitative estimate of drug-likeness (QED) is 0.249. The highest BCUT2D eigenvalue weighted by Crippen LogP contribution is 2.35. The van der Waals surface area contributed by atoms with Crippen LogP contribution in [0.15, 0.2) is 59.8 Å². The van der Waals surface area contributed by atoms with E-state index in [2.05, 4.69) is 25.4 Å². The van der Waals surface area contributed by atoms with Gasteiger partial charge < -0.3 is 10.1 Å². The fourth-order valence-corrected chi connectivity index (χ4v) is 4.14. The SMILES string of the molecule is CC(C)n1c(=O)[nH]c2nccc(Oc3ccc(NC(=O)c4cnn(-c5ccc(Cl)cn5)c4C(F)(F)F)cc3F)c21. The maximum atomic E-state index is 15.0. The van der Waals surface area contributed by atoms with Crippen molar-refractivity contribution in [2.75, 3.05) is 5.32 Å². The molecule has 0 radical (unpaired) electrons. The predicted octanol–water partition coefficient (Wildman–Crippen LogP) is 5.74. The molecule has 0 aliphatic rings. The van der Waals surface area contributed by atoms with Crippen molar-refractivity contribution < 1.29 is 27.1 Å². The van der Waals surface area contributed by atoms with Crippen LogP contribution in [0.5, 0.6) is 11.5 Å². The second-order valence-corrected chi connectivity index (χ2v) is 9.19. The van der Waals surface area contributed by atoms with Gasteiger partial charge in [0.25, 0.3) is 5.91 Å². The average Bonchev–Trinajstić information content (AvgIpc) is 3.48. The van der Waals surface area contributed by atoms with Crippen LogP contribution in [0.2, 0.25) is 5.02 Å². The normalized spacial score (nSPS) is 11.8. The number of rotatable bonds is 6. The third-order valence-electron chi connectivity index (χ3n) is 5.71. The largest absolute Gasteiger partial charge is 0.452 e. The number of fused-ring (bicyclic) bond motifs is 1. The van der Waals surface area contributed by atoms with Gasteiger partial charge in [-0.3, -0.25) is 14.3 Å². The smallest absolute Gasteiger partial charge is 0.434 e. The van der Waals surface area contributed by atoms with E-state index in [1.807, 2.05) is 0 Å². The van der Waals surface area contributed by atoms with Crippen molar-refractivity contribution >= 4 is 34.4 Å². The summed E-state index contributed by atoms with van der Waals surface area (Å²) in [4.78, 5) is 35.6. The Morgan fingerprint density at radius 1 is 1.10 bits per heavy atom. The number of imidazole rings is 1. The molecule has 1 amide bonds. The summed E-state index contributed by atoms with van der Waals surface area (Å²) >= 11 is 5.75. The molecule has 0 unspecified atom stereocenters. The minimum atomic E-state index is -4.97. The van der Waals surface area contributed by atoms with E-state index < -0.39 is 34.8 Å². The lowest BCUT2D eigenvalue weighted by Gasteiger charge is -2.13. The molecule has 5 aromatic rings. The third-order valence-corrected chi connectivity index (χ3v) is 5.93. The van der Waals surface area contributed by atoms with Crippen LogP contribution in [0.25, 0.3) is 17.0 Å². The van der Waals surface area contributed by atoms with E-state index >= 15 is 0 Å². The number of alkyl halides is 3. The van der Waals surface area contributed by atoms with Crippen molar-refractivity contribution in [3.05, 3.63) is 87.6 Å². The Labute approximate surface area is 227 Å². The lowest BCUT2D eigenvalue weighted by molar-refractivity contribution is -0.143. The number of aromatic amines is 1. The van der Waals surface area contributed by atoms with Gasteiger partial charge in [0, 0.05) is 36.3 Å². The second kappa shape index (κ2) is 10.1. The number of ether oxygens (including phenoxy) is 1. The Bertz CT molecular complexity index is 1790. The number of carbonyl (C=O) groups is 1. The molecule has 0 saturated carbocycles. The van der Waals surface area contributed by atoms with Crippen molar-refractivity contribution in [3.63, 3.8) is 0 Å². The minimum Gasteiger partial charge on any atom is -0.452 e. The summed E-state index contributed by atoms with van der Waals surface area (Å²) in [6, 6.07) is 7.06. The molecule has 5 rings (SSSR count). The first-order chi connectivity index (χ1) is 18.9. The van der Waals surface area contributed by atoms with Gasteiger partial charge in [-0.15, -0.1) is 0 Å². The van der Waals surface area contributed by atoms with Crippen LogP contribution in [0.4, 0.5) is 23.2 Å². The van der Waals surface area contributed by atoms with Gasteiger partial charge in [-0.25, -0.2) is 23.8 Å². The van der Waals surface area contributed by atoms with E-state index in [4.69, 9.17) is 16.3 Å². The number of halogens is 5. The summed E-state index contributed by atoms with van der Waals surface area (Å²) in [7, 11) is 0. The summed E-state index contributed by atoms with van der Waals surface area (Å²) in [5, 5.41) is 6.12. The van der Waals surface area contributed by atoms with Crippen molar-refractivity contribution in [2.45, 2.75) is 26.1 Å². The lowest BCUT2D eigenvalue weighted by Crippen LogP contribution is -2.21. The number of hydrogen-bond acceptors (Lipinski definition) is 6. The van der Waals surface area contributed by atoms with Gasteiger partial charge >= 0.3 is 11.9 Å². The summed E-state index contributed by atoms with van der Waals surface area (Å²) in [5.74, 6) is -2.42. The first-order valence-corrected chi connectivity index (χ1v) is 12.0. The van der Waals surface area contributed by atoms with Gasteiger partial charge in [-0.1, -0.05) is 11.6 Å². The third kappa shape index (κ3) is 5.00. The molecule has 0 bridgehead atoms. The topological polar surface area (TPSA) is 120 Å². The molecule has 0 aliphatic heterocycles. The zero-order chi connectivity index (χ0) is 28.8. The fourth-order valence-electron chi connectivity index (χ4n) is 4.03. The fraction of sp³-hybridized carbons (Fsp3) is 0.160. The number of amides is 1. The number of aromatic nitrogens is 6. The molecular weight excluding hydrogens is 558 g/mol. The molecule has 206 valence electrons. The highest BCUT2D eigenvalue weighted by Gasteiger charge is 2.41. The van der Waals surface area contributed by atoms with Crippen molar-refractivity contribution in [1.82, 2.24) is 29.3 Å². The molecule has 0 saturated heterocycles. The number of pyridine rings is 2. The highest BCUT2D eigenvalue weighted by molar-refractivity contribution is 6.30. The number of anilines is 1. The Hall–Kier alpha value is -4.72. The van der Waals surface area contributed by atoms with Crippen LogP contribution in [0.1, 0.15) is 35.9 Å². The molecule has 2 N–H and O–H groups in total. The number of carbonyl (C=O) groups excluding carboxylic acids is 1. The maximum Gasteiger partial charge on any atom is 0.434 e. The van der Waals surface area contributed by atoms with Gasteiger partial charge in [0.15, 0.2) is 34.5 Å². The van der Waals surface area contributed by atoms with Crippen molar-refractivity contribution in [2.24, 2.45) is 0 Å². The Balaban J connectivity index is 1.42. The monoisotopic (exact) mass is 575 g/mol. The molecule has 0 fully saturated rings. The van der Waals surface area contributed by atoms with Crippen LogP contribution >= 0.6 is 11.6 Å². The van der Waals surface area contributed by atoms with Crippen molar-refractivity contribution in [3.8, 4) is 17.3 Å². The van der Waals surface area contributed by atoms with Crippen LogP contribution in [-0.4, -0.2) is 35.2 Å². The zero-order valence-electron chi connectivity index (χ0n) is 20.6. The Kier molecular flexibility index (Phi) is 6.79. The lowest BCUT2D eigenvalue weighted by atomic mass is 10.2. The summed E-state index contributed by atoms with van der Waals surface area (Å²) < 4.78 is 64.3. The number of nitrogens with one attached hydrogen (secondary N) is 2. The Morgan fingerprint density at radius 3 is 2.52 bits per heavy atom. The van der Waals surface area contributed by atoms with E-state index in [0.29, 0.717) is 10.2 Å². The maximum absolute atomic E-state index is 15.0. The summed E-state index contributed by atoms with van der Waals surface area (Å²) in [5.41, 5.74) is -2.16. The zero-order valence-corrected chi connectivity index (χ0v) is 21.4. The van der Waals surface area contributed by atoms with E-state index in [0.717, 1.165) is 18.5 Å². The molecule has 0 spiro atoms. The average molecular weight is 576 g/mol. The van der Waals surface area contributed by atoms with E-state index in [1.165, 1.54) is 41.1 Å². The minimum absolute atomic E-state index is 0.138. The number of H-pyrrole nitrogens is 1. The molecular formula is C25H18ClF4N7O3. The first kappa shape index (κ1) is 26.9. The number of nitrogens with zero attached hydrogens (tertiary/aromatic N) is 5. The Morgan fingerprint density at radius 2 is 1.88 bits per heavy atom. The molecule has 1 aromatic carbocycles. The number of hydrogen-bond donors (Lipinski definition) is 2. The molecule has 0 atom stereocenters. The van der Waals surface area contributed by atoms with Crippen LogP contribution in [0.3, 0.4) is 0 Å². The molecule has 4 heterocycles. The molecule has 40 heavy (non-hydrogen) atoms. The number of benzene rings is 1. The van der Waals surface area contributed by atoms with Gasteiger partial charge in [0.05, 0.1) is 16.8 Å². The van der Waals surface area contributed by atoms with Gasteiger partial charge in [0.1, 0.15) is 5.52 Å². The van der Waals surface area contributed by atoms with Gasteiger partial charge in [0.2, 0.25) is 0 Å². The summed E-state index contributed by atoms with van der Waals surface area (Å²) in [6.45, 7) is 3.56. The molecule has 4 aromatic heterocycles. The molecule has 10 nitrogen and oxygen atoms in total. The van der Waals surface area contributed by atoms with Crippen LogP contribution < -0.4 is 15.7 Å². The van der Waals surface area contributed by atoms with Crippen molar-refractivity contribution in [1.29, 1.82) is 0 Å². The van der Waals surface area contributed by atoms with E-state index in [9.17, 15) is 27.2 Å². The van der Waals surface area contributed by atoms with E-state index in [-0.39, 0.29) is 39.7 Å². The van der Waals surface area contributed by atoms with Crippen LogP contribution in [-0.2, 0) is 6.18 Å². The predicted molar refractivity (Wildman–Crippen MR) is 137 cm³/mol. The second-order valence-electron chi connectivity index (χ2n) is 8.75. The van der Waals surface area contributed by atoms with Gasteiger partial charge in [-0.2, -0.15) is 18.3 Å². The molecule has 15 heteroatoms. The first-order valence-electron chi connectivity index (χ1n) is 11.6. The molecule has 0 aliphatic carbocycles.